The van der Waals surface area contributed by atoms with Crippen molar-refractivity contribution in [2.24, 2.45) is 0 Å². The molecular weight excluding hydrogens is 536 g/mol. The number of hydrogen-bond donors (Lipinski definition) is 0. The Balaban J connectivity index is 1.56. The van der Waals surface area contributed by atoms with Gasteiger partial charge in [-0.3, -0.25) is 0 Å². The van der Waals surface area contributed by atoms with Gasteiger partial charge in [-0.2, -0.15) is 0 Å². The minimum Gasteiger partial charge on any atom is -0.399 e. The number of fused-ring (bicyclic) bond motifs is 3. The molecule has 2 aliphatic heterocycles. The highest BCUT2D eigenvalue weighted by Crippen LogP contribution is 2.39. The number of benzene rings is 3. The molecule has 2 aliphatic rings. The van der Waals surface area contributed by atoms with Gasteiger partial charge >= 0.3 is 14.2 Å². The first kappa shape index (κ1) is 28.5. The van der Waals surface area contributed by atoms with Crippen LogP contribution in [0.1, 0.15) is 61.0 Å². The van der Waals surface area contributed by atoms with Gasteiger partial charge in [0.2, 0.25) is 0 Å². The van der Waals surface area contributed by atoms with Crippen molar-refractivity contribution in [3.8, 4) is 0 Å². The molecule has 0 saturated carbocycles. The van der Waals surface area contributed by atoms with Crippen LogP contribution in [0.25, 0.3) is 21.8 Å². The molecule has 41 heavy (non-hydrogen) atoms. The molecule has 1 aromatic heterocycles. The zero-order valence-electron chi connectivity index (χ0n) is 25.2. The van der Waals surface area contributed by atoms with E-state index >= 15 is 0 Å². The highest BCUT2D eigenvalue weighted by molar-refractivity contribution is 7.90. The Morgan fingerprint density at radius 1 is 0.585 bits per heavy atom. The monoisotopic (exact) mass is 573 g/mol. The maximum Gasteiger partial charge on any atom is 0.494 e. The van der Waals surface area contributed by atoms with Gasteiger partial charge in [-0.05, 0) is 97.5 Å². The lowest BCUT2D eigenvalue weighted by molar-refractivity contribution is 0.00578. The van der Waals surface area contributed by atoms with E-state index in [1.807, 2.05) is 111 Å². The molecule has 0 amide bonds. The van der Waals surface area contributed by atoms with E-state index in [0.717, 1.165) is 27.3 Å². The van der Waals surface area contributed by atoms with Crippen LogP contribution >= 0.6 is 0 Å². The van der Waals surface area contributed by atoms with Crippen LogP contribution in [0.15, 0.2) is 65.6 Å². The van der Waals surface area contributed by atoms with Crippen molar-refractivity contribution in [2.45, 2.75) is 89.6 Å². The van der Waals surface area contributed by atoms with Crippen LogP contribution in [0.4, 0.5) is 0 Å². The Morgan fingerprint density at radius 2 is 0.951 bits per heavy atom. The number of rotatable bonds is 4. The molecule has 0 bridgehead atoms. The van der Waals surface area contributed by atoms with Crippen molar-refractivity contribution in [1.29, 1.82) is 0 Å². The summed E-state index contributed by atoms with van der Waals surface area (Å²) in [5.41, 5.74) is 1.79. The molecule has 2 fully saturated rings. The topological polar surface area (TPSA) is 76.0 Å². The lowest BCUT2D eigenvalue weighted by atomic mass is 9.77. The van der Waals surface area contributed by atoms with Crippen molar-refractivity contribution in [1.82, 2.24) is 3.97 Å². The van der Waals surface area contributed by atoms with Gasteiger partial charge in [-0.1, -0.05) is 42.0 Å². The maximum absolute atomic E-state index is 14.1. The molecule has 3 heterocycles. The summed E-state index contributed by atoms with van der Waals surface area (Å²) in [6.45, 7) is 18.1. The summed E-state index contributed by atoms with van der Waals surface area (Å²) in [5.74, 6) is 0. The standard InChI is InChI=1S/C31H37B2NO6S/c1-20-10-14-23(15-11-20)41(35,36)34-26-16-12-21(32-37-28(2,3)29(4,5)38-32)18-24(26)25-19-22(13-17-27(25)34)33-39-30(6,7)31(8,9)40-33/h10-19H,1-9H3. The van der Waals surface area contributed by atoms with Crippen LogP contribution in [0.5, 0.6) is 0 Å². The molecule has 7 nitrogen and oxygen atoms in total. The average molecular weight is 573 g/mol. The first-order valence-corrected chi connectivity index (χ1v) is 15.5. The Morgan fingerprint density at radius 3 is 1.32 bits per heavy atom. The van der Waals surface area contributed by atoms with Gasteiger partial charge in [0.05, 0.1) is 38.3 Å². The normalized spacial score (nSPS) is 21.3. The lowest BCUT2D eigenvalue weighted by Crippen LogP contribution is -2.41. The highest BCUT2D eigenvalue weighted by Gasteiger charge is 2.53. The second-order valence-corrected chi connectivity index (χ2v) is 15.1. The average Bonchev–Trinajstić information content (AvgIpc) is 3.40. The third-order valence-corrected chi connectivity index (χ3v) is 11.1. The van der Waals surface area contributed by atoms with E-state index in [2.05, 4.69) is 0 Å². The molecule has 0 spiro atoms. The van der Waals surface area contributed by atoms with Gasteiger partial charge in [0.15, 0.2) is 0 Å². The van der Waals surface area contributed by atoms with Crippen molar-refractivity contribution in [3.63, 3.8) is 0 Å². The van der Waals surface area contributed by atoms with E-state index in [1.54, 1.807) is 12.1 Å². The number of nitrogens with zero attached hydrogens (tertiary/aromatic N) is 1. The molecule has 0 atom stereocenters. The van der Waals surface area contributed by atoms with E-state index in [4.69, 9.17) is 18.6 Å². The smallest absolute Gasteiger partial charge is 0.399 e. The summed E-state index contributed by atoms with van der Waals surface area (Å²) in [6, 6.07) is 18.4. The van der Waals surface area contributed by atoms with E-state index in [0.29, 0.717) is 11.0 Å². The van der Waals surface area contributed by atoms with Crippen LogP contribution in [-0.4, -0.2) is 49.0 Å². The fourth-order valence-corrected chi connectivity index (χ4v) is 6.88. The molecule has 0 radical (unpaired) electrons. The molecule has 4 aromatic rings. The number of aromatic nitrogens is 1. The molecule has 214 valence electrons. The number of aryl methyl sites for hydroxylation is 1. The summed E-state index contributed by atoms with van der Waals surface area (Å²) in [6.07, 6.45) is 0. The van der Waals surface area contributed by atoms with Crippen LogP contribution in [0.3, 0.4) is 0 Å². The third-order valence-electron chi connectivity index (χ3n) is 9.38. The van der Waals surface area contributed by atoms with E-state index in [-0.39, 0.29) is 4.90 Å². The Kier molecular flexibility index (Phi) is 6.22. The van der Waals surface area contributed by atoms with Gasteiger partial charge in [-0.15, -0.1) is 0 Å². The van der Waals surface area contributed by atoms with Crippen molar-refractivity contribution in [3.05, 3.63) is 66.2 Å². The zero-order valence-corrected chi connectivity index (χ0v) is 26.0. The molecular formula is C31H37B2NO6S. The van der Waals surface area contributed by atoms with E-state index in [9.17, 15) is 8.42 Å². The second kappa shape index (κ2) is 8.94. The Hall–Kier alpha value is -2.62. The van der Waals surface area contributed by atoms with Gasteiger partial charge in [-0.25, -0.2) is 12.4 Å². The quantitative estimate of drug-likeness (QED) is 0.322. The molecule has 0 unspecified atom stereocenters. The van der Waals surface area contributed by atoms with Gasteiger partial charge in [0.25, 0.3) is 10.0 Å². The van der Waals surface area contributed by atoms with Crippen molar-refractivity contribution >= 4 is 57.0 Å². The number of hydrogen-bond acceptors (Lipinski definition) is 6. The third kappa shape index (κ3) is 4.38. The highest BCUT2D eigenvalue weighted by atomic mass is 32.2. The summed E-state index contributed by atoms with van der Waals surface area (Å²) >= 11 is 0. The maximum atomic E-state index is 14.1. The predicted octanol–water partition coefficient (Wildman–Crippen LogP) is 4.94. The van der Waals surface area contributed by atoms with E-state index in [1.165, 1.54) is 3.97 Å². The summed E-state index contributed by atoms with van der Waals surface area (Å²) in [5, 5.41) is 1.56. The summed E-state index contributed by atoms with van der Waals surface area (Å²) in [4.78, 5) is 0.229. The zero-order chi connectivity index (χ0) is 29.8. The van der Waals surface area contributed by atoms with Crippen molar-refractivity contribution < 1.29 is 27.0 Å². The van der Waals surface area contributed by atoms with Crippen LogP contribution in [0.2, 0.25) is 0 Å². The Bertz CT molecular complexity index is 1670. The van der Waals surface area contributed by atoms with Gasteiger partial charge in [0, 0.05) is 10.8 Å². The minimum absolute atomic E-state index is 0.229. The molecule has 2 saturated heterocycles. The first-order chi connectivity index (χ1) is 18.9. The second-order valence-electron chi connectivity index (χ2n) is 13.3. The van der Waals surface area contributed by atoms with Crippen LogP contribution < -0.4 is 10.9 Å². The summed E-state index contributed by atoms with van der Waals surface area (Å²) < 4.78 is 55.0. The first-order valence-electron chi connectivity index (χ1n) is 14.1. The molecule has 0 N–H and O–H groups in total. The lowest BCUT2D eigenvalue weighted by Gasteiger charge is -2.32. The molecule has 3 aromatic carbocycles. The van der Waals surface area contributed by atoms with Crippen molar-refractivity contribution in [2.75, 3.05) is 0 Å². The fourth-order valence-electron chi connectivity index (χ4n) is 5.35. The van der Waals surface area contributed by atoms with Gasteiger partial charge < -0.3 is 18.6 Å². The molecule has 10 heteroatoms. The fraction of sp³-hybridized carbons (Fsp3) is 0.419. The van der Waals surface area contributed by atoms with E-state index < -0.39 is 46.7 Å². The Labute approximate surface area is 243 Å². The predicted molar refractivity (Wildman–Crippen MR) is 165 cm³/mol. The largest absolute Gasteiger partial charge is 0.494 e. The SMILES string of the molecule is Cc1ccc(S(=O)(=O)n2c3ccc(B4OC(C)(C)C(C)(C)O4)cc3c3cc(B4OC(C)(C)C(C)(C)O4)ccc32)cc1. The van der Waals surface area contributed by atoms with Gasteiger partial charge in [0.1, 0.15) is 0 Å². The summed E-state index contributed by atoms with van der Waals surface area (Å²) in [7, 11) is -5.07. The minimum atomic E-state index is -3.91. The van der Waals surface area contributed by atoms with Crippen LogP contribution in [-0.2, 0) is 28.6 Å². The molecule has 0 aliphatic carbocycles. The van der Waals surface area contributed by atoms with Crippen LogP contribution in [0, 0.1) is 6.92 Å². The molecule has 6 rings (SSSR count).